The van der Waals surface area contributed by atoms with E-state index in [-0.39, 0.29) is 18.6 Å². The van der Waals surface area contributed by atoms with Crippen molar-refractivity contribution in [2.24, 2.45) is 5.73 Å². The molecule has 1 aliphatic rings. The Labute approximate surface area is 199 Å². The molecule has 2 amide bonds. The molecule has 1 saturated carbocycles. The zero-order chi connectivity index (χ0) is 23.9. The number of amides is 2. The Kier molecular flexibility index (Phi) is 7.44. The number of carbonyl (C=O) groups is 2. The van der Waals surface area contributed by atoms with Gasteiger partial charge in [0.15, 0.2) is 0 Å². The Bertz CT molecular complexity index is 1100. The second-order valence-electron chi connectivity index (χ2n) is 8.43. The summed E-state index contributed by atoms with van der Waals surface area (Å²) in [7, 11) is 1.59. The average molecular weight is 460 g/mol. The van der Waals surface area contributed by atoms with E-state index < -0.39 is 12.1 Å². The van der Waals surface area contributed by atoms with E-state index in [2.05, 4.69) is 10.6 Å². The number of carbonyl (C=O) groups excluding carboxylic acids is 2. The fourth-order valence-electron chi connectivity index (χ4n) is 3.75. The van der Waals surface area contributed by atoms with Crippen LogP contribution in [0, 0.1) is 0 Å². The van der Waals surface area contributed by atoms with Crippen molar-refractivity contribution in [1.29, 1.82) is 0 Å². The van der Waals surface area contributed by atoms with Gasteiger partial charge in [0.2, 0.25) is 5.91 Å². The van der Waals surface area contributed by atoms with Crippen molar-refractivity contribution in [2.45, 2.75) is 37.5 Å². The van der Waals surface area contributed by atoms with Crippen molar-refractivity contribution in [3.8, 4) is 5.75 Å². The van der Waals surface area contributed by atoms with Gasteiger partial charge in [0, 0.05) is 24.1 Å². The number of alkyl carbamates (subject to hydrolysis) is 1. The van der Waals surface area contributed by atoms with E-state index in [9.17, 15) is 9.59 Å². The summed E-state index contributed by atoms with van der Waals surface area (Å²) in [5.74, 6) is 0.785. The molecule has 7 heteroatoms. The zero-order valence-electron chi connectivity index (χ0n) is 19.1. The number of ether oxygens (including phenoxy) is 2. The van der Waals surface area contributed by atoms with Gasteiger partial charge in [0.25, 0.3) is 0 Å². The van der Waals surface area contributed by atoms with E-state index in [1.54, 1.807) is 7.11 Å². The summed E-state index contributed by atoms with van der Waals surface area (Å²) in [4.78, 5) is 25.6. The molecular weight excluding hydrogens is 430 g/mol. The summed E-state index contributed by atoms with van der Waals surface area (Å²) in [6, 6.07) is 23.8. The molecule has 0 spiro atoms. The van der Waals surface area contributed by atoms with Crippen LogP contribution in [0.1, 0.15) is 29.0 Å². The van der Waals surface area contributed by atoms with Crippen LogP contribution in [0.4, 0.5) is 10.5 Å². The van der Waals surface area contributed by atoms with Crippen LogP contribution in [-0.2, 0) is 22.6 Å². The van der Waals surface area contributed by atoms with E-state index in [4.69, 9.17) is 15.2 Å². The van der Waals surface area contributed by atoms with Crippen LogP contribution in [-0.4, -0.2) is 31.2 Å². The van der Waals surface area contributed by atoms with E-state index in [0.717, 1.165) is 23.3 Å². The zero-order valence-corrected chi connectivity index (χ0v) is 19.1. The molecule has 0 aromatic heterocycles. The lowest BCUT2D eigenvalue weighted by Crippen LogP contribution is -2.45. The number of nitrogens with two attached hydrogens (primary N) is 1. The maximum Gasteiger partial charge on any atom is 0.408 e. The summed E-state index contributed by atoms with van der Waals surface area (Å²) >= 11 is 0. The molecule has 0 aliphatic heterocycles. The standard InChI is InChI=1S/C27H29N3O4/c1-33-22-13-7-18(8-14-22)15-25(30-27(32)34-17-19-5-3-2-4-6-19)26(31)29-21-11-9-20(10-12-21)23-16-24(23)28/h2-14,23-25H,15-17,28H2,1H3,(H,29,31)(H,30,32). The molecule has 0 radical (unpaired) electrons. The van der Waals surface area contributed by atoms with Gasteiger partial charge < -0.3 is 25.8 Å². The Morgan fingerprint density at radius 2 is 1.65 bits per heavy atom. The van der Waals surface area contributed by atoms with Crippen molar-refractivity contribution in [3.05, 3.63) is 95.6 Å². The first kappa shape index (κ1) is 23.3. The Balaban J connectivity index is 1.41. The third-order valence-electron chi connectivity index (χ3n) is 5.87. The van der Waals surface area contributed by atoms with Crippen LogP contribution < -0.4 is 21.1 Å². The van der Waals surface area contributed by atoms with Gasteiger partial charge in [-0.25, -0.2) is 4.79 Å². The predicted molar refractivity (Wildman–Crippen MR) is 131 cm³/mol. The molecule has 176 valence electrons. The summed E-state index contributed by atoms with van der Waals surface area (Å²) < 4.78 is 10.5. The van der Waals surface area contributed by atoms with Gasteiger partial charge in [-0.05, 0) is 47.4 Å². The number of methoxy groups -OCH3 is 1. The number of benzene rings is 3. The molecule has 4 N–H and O–H groups in total. The minimum Gasteiger partial charge on any atom is -0.497 e. The quantitative estimate of drug-likeness (QED) is 0.449. The first-order valence-corrected chi connectivity index (χ1v) is 11.3. The monoisotopic (exact) mass is 459 g/mol. The highest BCUT2D eigenvalue weighted by Gasteiger charge is 2.34. The third-order valence-corrected chi connectivity index (χ3v) is 5.87. The van der Waals surface area contributed by atoms with Gasteiger partial charge >= 0.3 is 6.09 Å². The van der Waals surface area contributed by atoms with Crippen molar-refractivity contribution in [2.75, 3.05) is 12.4 Å². The lowest BCUT2D eigenvalue weighted by atomic mass is 10.0. The summed E-state index contributed by atoms with van der Waals surface area (Å²) in [6.07, 6.45) is 0.631. The molecule has 0 heterocycles. The van der Waals surface area contributed by atoms with Gasteiger partial charge in [-0.2, -0.15) is 0 Å². The van der Waals surface area contributed by atoms with Crippen LogP contribution in [0.2, 0.25) is 0 Å². The predicted octanol–water partition coefficient (Wildman–Crippen LogP) is 3.99. The second kappa shape index (κ2) is 10.9. The van der Waals surface area contributed by atoms with E-state index >= 15 is 0 Å². The van der Waals surface area contributed by atoms with Crippen molar-refractivity contribution in [1.82, 2.24) is 5.32 Å². The van der Waals surface area contributed by atoms with Crippen molar-refractivity contribution >= 4 is 17.7 Å². The highest BCUT2D eigenvalue weighted by Crippen LogP contribution is 2.39. The van der Waals surface area contributed by atoms with Crippen LogP contribution in [0.25, 0.3) is 0 Å². The number of nitrogens with one attached hydrogen (secondary N) is 2. The highest BCUT2D eigenvalue weighted by atomic mass is 16.5. The normalized spacial score (nSPS) is 17.4. The minimum atomic E-state index is -0.826. The van der Waals surface area contributed by atoms with Crippen molar-refractivity contribution < 1.29 is 19.1 Å². The smallest absolute Gasteiger partial charge is 0.408 e. The molecule has 0 saturated heterocycles. The van der Waals surface area contributed by atoms with Gasteiger partial charge in [0.1, 0.15) is 18.4 Å². The number of rotatable bonds is 9. The SMILES string of the molecule is COc1ccc(CC(NC(=O)OCc2ccccc2)C(=O)Nc2ccc(C3CC3N)cc2)cc1. The molecule has 4 rings (SSSR count). The first-order valence-electron chi connectivity index (χ1n) is 11.3. The van der Waals surface area contributed by atoms with Crippen LogP contribution in [0.5, 0.6) is 5.75 Å². The van der Waals surface area contributed by atoms with E-state index in [0.29, 0.717) is 18.0 Å². The van der Waals surface area contributed by atoms with E-state index in [1.165, 1.54) is 5.56 Å². The van der Waals surface area contributed by atoms with Crippen LogP contribution >= 0.6 is 0 Å². The molecule has 3 aromatic rings. The van der Waals surface area contributed by atoms with Crippen LogP contribution in [0.15, 0.2) is 78.9 Å². The largest absolute Gasteiger partial charge is 0.497 e. The number of hydrogen-bond acceptors (Lipinski definition) is 5. The van der Waals surface area contributed by atoms with Gasteiger partial charge in [0.05, 0.1) is 7.11 Å². The molecule has 1 aliphatic carbocycles. The molecule has 3 unspecified atom stereocenters. The van der Waals surface area contributed by atoms with E-state index in [1.807, 2.05) is 78.9 Å². The highest BCUT2D eigenvalue weighted by molar-refractivity contribution is 5.96. The Morgan fingerprint density at radius 1 is 0.971 bits per heavy atom. The Morgan fingerprint density at radius 3 is 2.26 bits per heavy atom. The van der Waals surface area contributed by atoms with Gasteiger partial charge in [-0.1, -0.05) is 54.6 Å². The minimum absolute atomic E-state index is 0.119. The maximum absolute atomic E-state index is 13.1. The molecule has 7 nitrogen and oxygen atoms in total. The second-order valence-corrected chi connectivity index (χ2v) is 8.43. The third kappa shape index (κ3) is 6.36. The fraction of sp³-hybridized carbons (Fsp3) is 0.259. The molecular formula is C27H29N3O4. The molecule has 3 atom stereocenters. The number of hydrogen-bond donors (Lipinski definition) is 3. The lowest BCUT2D eigenvalue weighted by molar-refractivity contribution is -0.118. The maximum atomic E-state index is 13.1. The fourth-order valence-corrected chi connectivity index (χ4v) is 3.75. The van der Waals surface area contributed by atoms with Crippen molar-refractivity contribution in [3.63, 3.8) is 0 Å². The van der Waals surface area contributed by atoms with Crippen LogP contribution in [0.3, 0.4) is 0 Å². The summed E-state index contributed by atoms with van der Waals surface area (Å²) in [5, 5.41) is 5.61. The number of anilines is 1. The molecule has 1 fully saturated rings. The summed E-state index contributed by atoms with van der Waals surface area (Å²) in [5.41, 5.74) is 9.49. The van der Waals surface area contributed by atoms with Gasteiger partial charge in [-0.15, -0.1) is 0 Å². The lowest BCUT2D eigenvalue weighted by Gasteiger charge is -2.19. The van der Waals surface area contributed by atoms with Gasteiger partial charge in [-0.3, -0.25) is 4.79 Å². The molecule has 0 bridgehead atoms. The Hall–Kier alpha value is -3.84. The topological polar surface area (TPSA) is 103 Å². The average Bonchev–Trinajstić information content (AvgIpc) is 3.60. The molecule has 34 heavy (non-hydrogen) atoms. The first-order chi connectivity index (χ1) is 16.5. The molecule has 3 aromatic carbocycles. The summed E-state index contributed by atoms with van der Waals surface area (Å²) in [6.45, 7) is 0.119.